The molecule has 2 rings (SSSR count). The van der Waals surface area contributed by atoms with E-state index in [9.17, 15) is 0 Å². The van der Waals surface area contributed by atoms with Crippen molar-refractivity contribution >= 4 is 0 Å². The van der Waals surface area contributed by atoms with Crippen molar-refractivity contribution < 1.29 is 0 Å². The molecule has 0 spiro atoms. The number of nitrogens with zero attached hydrogens (tertiary/aromatic N) is 1. The van der Waals surface area contributed by atoms with E-state index in [2.05, 4.69) is 57.0 Å². The fourth-order valence-corrected chi connectivity index (χ4v) is 3.87. The summed E-state index contributed by atoms with van der Waals surface area (Å²) in [7, 11) is 2.24. The number of hydrogen-bond donors (Lipinski definition) is 1. The fraction of sp³-hybridized carbons (Fsp3) is 0.647. The Kier molecular flexibility index (Phi) is 4.03. The van der Waals surface area contributed by atoms with Gasteiger partial charge < -0.3 is 5.73 Å². The zero-order valence-corrected chi connectivity index (χ0v) is 12.9. The first-order chi connectivity index (χ1) is 8.91. The van der Waals surface area contributed by atoms with Gasteiger partial charge in [0.05, 0.1) is 0 Å². The lowest BCUT2D eigenvalue weighted by atomic mass is 9.73. The normalized spacial score (nSPS) is 26.0. The number of benzene rings is 1. The van der Waals surface area contributed by atoms with Crippen LogP contribution < -0.4 is 5.73 Å². The van der Waals surface area contributed by atoms with E-state index in [1.807, 2.05) is 0 Å². The maximum absolute atomic E-state index is 6.19. The van der Waals surface area contributed by atoms with Gasteiger partial charge in [-0.15, -0.1) is 0 Å². The van der Waals surface area contributed by atoms with Gasteiger partial charge in [0, 0.05) is 18.6 Å². The molecule has 1 unspecified atom stereocenters. The van der Waals surface area contributed by atoms with Gasteiger partial charge in [-0.2, -0.15) is 0 Å². The number of likely N-dealkylation sites (N-methyl/N-ethyl adjacent to an activating group) is 1. The third kappa shape index (κ3) is 2.56. The molecule has 1 aromatic rings. The van der Waals surface area contributed by atoms with Crippen molar-refractivity contribution in [1.82, 2.24) is 4.90 Å². The summed E-state index contributed by atoms with van der Waals surface area (Å²) in [5, 5.41) is 0. The second kappa shape index (κ2) is 5.26. The Balaban J connectivity index is 2.20. The van der Waals surface area contributed by atoms with Crippen LogP contribution in [0.25, 0.3) is 0 Å². The molecule has 0 heterocycles. The molecule has 0 saturated heterocycles. The molecule has 1 atom stereocenters. The Bertz CT molecular complexity index is 439. The molecule has 0 aliphatic heterocycles. The van der Waals surface area contributed by atoms with Gasteiger partial charge in [0.15, 0.2) is 0 Å². The van der Waals surface area contributed by atoms with E-state index in [0.717, 1.165) is 13.1 Å². The minimum absolute atomic E-state index is 0.150. The van der Waals surface area contributed by atoms with Crippen LogP contribution in [-0.4, -0.2) is 24.0 Å². The largest absolute Gasteiger partial charge is 0.329 e. The third-order valence-corrected chi connectivity index (χ3v) is 5.22. The summed E-state index contributed by atoms with van der Waals surface area (Å²) in [6.07, 6.45) is 3.80. The lowest BCUT2D eigenvalue weighted by Gasteiger charge is -2.48. The van der Waals surface area contributed by atoms with E-state index in [4.69, 9.17) is 5.73 Å². The number of nitrogens with two attached hydrogens (primary N) is 1. The molecular formula is C17H28N2. The molecule has 2 nitrogen and oxygen atoms in total. The minimum Gasteiger partial charge on any atom is -0.329 e. The van der Waals surface area contributed by atoms with E-state index >= 15 is 0 Å². The molecule has 0 aromatic heterocycles. The van der Waals surface area contributed by atoms with Gasteiger partial charge in [-0.3, -0.25) is 4.90 Å². The molecule has 19 heavy (non-hydrogen) atoms. The van der Waals surface area contributed by atoms with Crippen molar-refractivity contribution in [3.8, 4) is 0 Å². The van der Waals surface area contributed by atoms with Crippen LogP contribution in [0.4, 0.5) is 0 Å². The van der Waals surface area contributed by atoms with Gasteiger partial charge in [-0.1, -0.05) is 50.1 Å². The first-order valence-electron chi connectivity index (χ1n) is 7.38. The smallest absolute Gasteiger partial charge is 0.0383 e. The Morgan fingerprint density at radius 2 is 2.00 bits per heavy atom. The van der Waals surface area contributed by atoms with Gasteiger partial charge in [0.1, 0.15) is 0 Å². The monoisotopic (exact) mass is 260 g/mol. The van der Waals surface area contributed by atoms with Crippen LogP contribution in [0.5, 0.6) is 0 Å². The predicted molar refractivity (Wildman–Crippen MR) is 82.1 cm³/mol. The molecule has 1 aromatic carbocycles. The molecule has 2 N–H and O–H groups in total. The number of hydrogen-bond acceptors (Lipinski definition) is 2. The Morgan fingerprint density at radius 3 is 2.53 bits per heavy atom. The van der Waals surface area contributed by atoms with Crippen molar-refractivity contribution in [3.05, 3.63) is 35.4 Å². The number of aryl methyl sites for hydroxylation is 1. The average molecular weight is 260 g/mol. The average Bonchev–Trinajstić information content (AvgIpc) is 2.65. The topological polar surface area (TPSA) is 29.3 Å². The molecular weight excluding hydrogens is 232 g/mol. The van der Waals surface area contributed by atoms with Gasteiger partial charge in [0.25, 0.3) is 0 Å². The van der Waals surface area contributed by atoms with Gasteiger partial charge >= 0.3 is 0 Å². The Labute approximate surface area is 118 Å². The molecule has 0 amide bonds. The molecule has 1 fully saturated rings. The molecule has 0 radical (unpaired) electrons. The highest BCUT2D eigenvalue weighted by Crippen LogP contribution is 2.48. The first kappa shape index (κ1) is 14.5. The van der Waals surface area contributed by atoms with Crippen molar-refractivity contribution in [2.24, 2.45) is 11.1 Å². The fourth-order valence-electron chi connectivity index (χ4n) is 3.87. The van der Waals surface area contributed by atoms with Crippen molar-refractivity contribution in [3.63, 3.8) is 0 Å². The van der Waals surface area contributed by atoms with Crippen LogP contribution in [0.2, 0.25) is 0 Å². The standard InChI is InChI=1S/C17H28N2/c1-14-7-5-8-15(11-14)12-19(4)17(13-18)10-6-9-16(17,2)3/h5,7-8,11H,6,9-10,12-13,18H2,1-4H3. The quantitative estimate of drug-likeness (QED) is 0.899. The zero-order chi connectivity index (χ0) is 14.1. The summed E-state index contributed by atoms with van der Waals surface area (Å²) in [6, 6.07) is 8.80. The summed E-state index contributed by atoms with van der Waals surface area (Å²) in [4.78, 5) is 2.49. The van der Waals surface area contributed by atoms with E-state index in [1.165, 1.54) is 30.4 Å². The molecule has 1 aliphatic rings. The molecule has 2 heteroatoms. The Morgan fingerprint density at radius 1 is 1.26 bits per heavy atom. The highest BCUT2D eigenvalue weighted by Gasteiger charge is 2.50. The van der Waals surface area contributed by atoms with Gasteiger partial charge in [-0.05, 0) is 37.8 Å². The summed E-state index contributed by atoms with van der Waals surface area (Å²) in [6.45, 7) is 8.64. The molecule has 1 saturated carbocycles. The predicted octanol–water partition coefficient (Wildman–Crippen LogP) is 3.33. The summed E-state index contributed by atoms with van der Waals surface area (Å²) in [5.74, 6) is 0. The third-order valence-electron chi connectivity index (χ3n) is 5.22. The second-order valence-corrected chi connectivity index (χ2v) is 6.82. The van der Waals surface area contributed by atoms with Crippen LogP contribution in [0.3, 0.4) is 0 Å². The maximum atomic E-state index is 6.19. The van der Waals surface area contributed by atoms with Gasteiger partial charge in [0.2, 0.25) is 0 Å². The van der Waals surface area contributed by atoms with Crippen molar-refractivity contribution in [2.45, 2.75) is 52.1 Å². The summed E-state index contributed by atoms with van der Waals surface area (Å²) < 4.78 is 0. The molecule has 1 aliphatic carbocycles. The number of rotatable bonds is 4. The Hall–Kier alpha value is -0.860. The van der Waals surface area contributed by atoms with E-state index < -0.39 is 0 Å². The van der Waals surface area contributed by atoms with E-state index in [-0.39, 0.29) is 5.54 Å². The van der Waals surface area contributed by atoms with Crippen molar-refractivity contribution in [2.75, 3.05) is 13.6 Å². The molecule has 0 bridgehead atoms. The lowest BCUT2D eigenvalue weighted by Crippen LogP contribution is -2.57. The van der Waals surface area contributed by atoms with E-state index in [0.29, 0.717) is 5.41 Å². The van der Waals surface area contributed by atoms with E-state index in [1.54, 1.807) is 0 Å². The van der Waals surface area contributed by atoms with Crippen LogP contribution in [-0.2, 0) is 6.54 Å². The lowest BCUT2D eigenvalue weighted by molar-refractivity contribution is 0.0276. The summed E-state index contributed by atoms with van der Waals surface area (Å²) >= 11 is 0. The minimum atomic E-state index is 0.150. The first-order valence-corrected chi connectivity index (χ1v) is 7.38. The van der Waals surface area contributed by atoms with Crippen LogP contribution in [0.15, 0.2) is 24.3 Å². The van der Waals surface area contributed by atoms with Crippen molar-refractivity contribution in [1.29, 1.82) is 0 Å². The molecule has 106 valence electrons. The van der Waals surface area contributed by atoms with Crippen LogP contribution in [0, 0.1) is 12.3 Å². The van der Waals surface area contributed by atoms with Gasteiger partial charge in [-0.25, -0.2) is 0 Å². The maximum Gasteiger partial charge on any atom is 0.0383 e. The van der Waals surface area contributed by atoms with Crippen LogP contribution in [0.1, 0.15) is 44.2 Å². The highest BCUT2D eigenvalue weighted by molar-refractivity contribution is 5.22. The summed E-state index contributed by atoms with van der Waals surface area (Å²) in [5.41, 5.74) is 9.36. The second-order valence-electron chi connectivity index (χ2n) is 6.82. The SMILES string of the molecule is Cc1cccc(CN(C)C2(CN)CCCC2(C)C)c1. The highest BCUT2D eigenvalue weighted by atomic mass is 15.2. The zero-order valence-electron chi connectivity index (χ0n) is 12.9. The van der Waals surface area contributed by atoms with Crippen LogP contribution >= 0.6 is 0 Å².